The lowest BCUT2D eigenvalue weighted by molar-refractivity contribution is -0.147. The Hall–Kier alpha value is -1.36. The molecule has 0 aromatic rings. The Morgan fingerprint density at radius 1 is 1.20 bits per heavy atom. The quantitative estimate of drug-likeness (QED) is 0.181. The molecule has 2 aliphatic rings. The molecule has 2 rings (SSSR count). The van der Waals surface area contributed by atoms with Crippen LogP contribution in [-0.4, -0.2) is 41.2 Å². The molecule has 5 atom stereocenters. The Bertz CT molecular complexity index is 829. The van der Waals surface area contributed by atoms with Gasteiger partial charge in [-0.15, -0.1) is 0 Å². The first-order valence-electron chi connectivity index (χ1n) is 13.6. The zero-order valence-corrected chi connectivity index (χ0v) is 23.7. The van der Waals surface area contributed by atoms with Crippen LogP contribution in [0.15, 0.2) is 46.8 Å². The monoisotopic (exact) mass is 488 g/mol. The zero-order valence-electron chi connectivity index (χ0n) is 23.7. The van der Waals surface area contributed by atoms with Gasteiger partial charge in [-0.2, -0.15) is 0 Å². The summed E-state index contributed by atoms with van der Waals surface area (Å²) in [6.07, 6.45) is 14.6. The van der Waals surface area contributed by atoms with Gasteiger partial charge in [0.05, 0.1) is 25.1 Å². The third kappa shape index (κ3) is 6.32. The molecule has 0 spiro atoms. The van der Waals surface area contributed by atoms with Gasteiger partial charge in [-0.1, -0.05) is 56.2 Å². The molecular weight excluding hydrogens is 436 g/mol. The minimum absolute atomic E-state index is 0.0232. The lowest BCUT2D eigenvalue weighted by Crippen LogP contribution is -2.56. The largest absolute Gasteiger partial charge is 0.501 e. The molecule has 0 radical (unpaired) electrons. The summed E-state index contributed by atoms with van der Waals surface area (Å²) >= 11 is 0. The Morgan fingerprint density at radius 3 is 2.49 bits per heavy atom. The van der Waals surface area contributed by atoms with Crippen molar-refractivity contribution in [3.8, 4) is 0 Å². The smallest absolute Gasteiger partial charge is 0.0919 e. The highest BCUT2D eigenvalue weighted by atomic mass is 16.5. The Balaban J connectivity index is 2.28. The number of allylic oxidation sites excluding steroid dienone is 8. The predicted octanol–water partition coefficient (Wildman–Crippen LogP) is 6.73. The number of hydrogen-bond acceptors (Lipinski definition) is 4. The minimum atomic E-state index is -0.985. The van der Waals surface area contributed by atoms with E-state index in [1.165, 1.54) is 16.7 Å². The van der Waals surface area contributed by atoms with E-state index in [0.29, 0.717) is 31.1 Å². The molecule has 200 valence electrons. The summed E-state index contributed by atoms with van der Waals surface area (Å²) in [4.78, 5) is 0. The summed E-state index contributed by atoms with van der Waals surface area (Å²) in [5.41, 5.74) is 2.43. The predicted molar refractivity (Wildman–Crippen MR) is 146 cm³/mol. The van der Waals surface area contributed by atoms with Gasteiger partial charge in [-0.05, 0) is 95.5 Å². The molecule has 0 amide bonds. The lowest BCUT2D eigenvalue weighted by atomic mass is 9.53. The van der Waals surface area contributed by atoms with Gasteiger partial charge in [-0.3, -0.25) is 0 Å². The standard InChI is InChI=1S/C31H52O4/c1-22(13-16-27-23(2)14-15-24(3)29(27,5)6)11-9-18-31(21-33)28(12-10-20-32)26(25(4)35-8)17-19-30(31,7)34/h11,13-14,16,24,27-28,32-34H,9-10,12,15,17-21H2,1-8H3/b16-13+,22-11+,26-25-/t24-,27?,28+,30-,31+/m0/s1. The second kappa shape index (κ2) is 12.3. The molecular formula is C31H52O4. The molecule has 1 unspecified atom stereocenters. The van der Waals surface area contributed by atoms with Crippen LogP contribution >= 0.6 is 0 Å². The Kier molecular flexibility index (Phi) is 10.5. The van der Waals surface area contributed by atoms with Crippen molar-refractivity contribution >= 4 is 0 Å². The second-order valence-corrected chi connectivity index (χ2v) is 12.0. The van der Waals surface area contributed by atoms with Gasteiger partial charge < -0.3 is 20.1 Å². The zero-order chi connectivity index (χ0) is 26.4. The topological polar surface area (TPSA) is 69.9 Å². The molecule has 0 aliphatic heterocycles. The molecule has 0 bridgehead atoms. The van der Waals surface area contributed by atoms with E-state index in [1.54, 1.807) is 7.11 Å². The number of rotatable bonds is 10. The summed E-state index contributed by atoms with van der Waals surface area (Å²) in [6, 6.07) is 0. The highest BCUT2D eigenvalue weighted by Crippen LogP contribution is 2.55. The van der Waals surface area contributed by atoms with Crippen LogP contribution in [0.1, 0.15) is 93.4 Å². The molecule has 35 heavy (non-hydrogen) atoms. The van der Waals surface area contributed by atoms with Gasteiger partial charge in [-0.25, -0.2) is 0 Å². The van der Waals surface area contributed by atoms with E-state index < -0.39 is 11.0 Å². The van der Waals surface area contributed by atoms with Crippen molar-refractivity contribution in [2.75, 3.05) is 20.3 Å². The summed E-state index contributed by atoms with van der Waals surface area (Å²) < 4.78 is 5.60. The maximum atomic E-state index is 11.6. The van der Waals surface area contributed by atoms with E-state index in [9.17, 15) is 15.3 Å². The van der Waals surface area contributed by atoms with Crippen LogP contribution in [0.2, 0.25) is 0 Å². The van der Waals surface area contributed by atoms with Crippen LogP contribution in [0.3, 0.4) is 0 Å². The molecule has 0 aromatic carbocycles. The Morgan fingerprint density at radius 2 is 1.89 bits per heavy atom. The SMILES string of the molecule is CO/C(C)=C1/CC[C@](C)(O)[C@@](CO)(CC/C=C(C)/C=C/C2C(C)=CC[C@H](C)C2(C)C)[C@@H]1CCCO. The van der Waals surface area contributed by atoms with Crippen LogP contribution in [0.5, 0.6) is 0 Å². The van der Waals surface area contributed by atoms with Gasteiger partial charge >= 0.3 is 0 Å². The van der Waals surface area contributed by atoms with Crippen molar-refractivity contribution in [3.05, 3.63) is 46.8 Å². The molecule has 4 nitrogen and oxygen atoms in total. The van der Waals surface area contributed by atoms with Crippen LogP contribution in [0, 0.1) is 28.6 Å². The fourth-order valence-electron chi connectivity index (χ4n) is 6.57. The first kappa shape index (κ1) is 29.9. The van der Waals surface area contributed by atoms with E-state index in [0.717, 1.165) is 31.4 Å². The Labute approximate surface area is 214 Å². The molecule has 1 fully saturated rings. The fourth-order valence-corrected chi connectivity index (χ4v) is 6.57. The van der Waals surface area contributed by atoms with Gasteiger partial charge in [0.1, 0.15) is 0 Å². The fraction of sp³-hybridized carbons (Fsp3) is 0.742. The molecule has 0 heterocycles. The summed E-state index contributed by atoms with van der Waals surface area (Å²) in [5.74, 6) is 1.94. The van der Waals surface area contributed by atoms with Crippen molar-refractivity contribution in [1.29, 1.82) is 0 Å². The average Bonchev–Trinajstić information content (AvgIpc) is 2.80. The molecule has 4 heteroatoms. The number of hydrogen-bond donors (Lipinski definition) is 3. The molecule has 2 aliphatic carbocycles. The van der Waals surface area contributed by atoms with Crippen LogP contribution in [0.4, 0.5) is 0 Å². The van der Waals surface area contributed by atoms with E-state index in [1.807, 2.05) is 13.8 Å². The number of aliphatic hydroxyl groups is 3. The third-order valence-electron chi connectivity index (χ3n) is 9.70. The first-order valence-corrected chi connectivity index (χ1v) is 13.6. The van der Waals surface area contributed by atoms with Crippen LogP contribution in [0.25, 0.3) is 0 Å². The lowest BCUT2D eigenvalue weighted by Gasteiger charge is -2.54. The van der Waals surface area contributed by atoms with Gasteiger partial charge in [0.25, 0.3) is 0 Å². The highest BCUT2D eigenvalue weighted by molar-refractivity contribution is 5.26. The third-order valence-corrected chi connectivity index (χ3v) is 9.70. The van der Waals surface area contributed by atoms with Crippen molar-refractivity contribution in [3.63, 3.8) is 0 Å². The molecule has 1 saturated carbocycles. The van der Waals surface area contributed by atoms with E-state index in [2.05, 4.69) is 58.9 Å². The maximum absolute atomic E-state index is 11.6. The summed E-state index contributed by atoms with van der Waals surface area (Å²) in [6.45, 7) is 15.4. The highest BCUT2D eigenvalue weighted by Gasteiger charge is 2.55. The maximum Gasteiger partial charge on any atom is 0.0919 e. The van der Waals surface area contributed by atoms with Crippen molar-refractivity contribution in [2.45, 2.75) is 99.0 Å². The van der Waals surface area contributed by atoms with Crippen molar-refractivity contribution < 1.29 is 20.1 Å². The van der Waals surface area contributed by atoms with Gasteiger partial charge in [0.15, 0.2) is 0 Å². The number of aliphatic hydroxyl groups excluding tert-OH is 2. The molecule has 0 aromatic heterocycles. The normalized spacial score (nSPS) is 35.2. The second-order valence-electron chi connectivity index (χ2n) is 12.0. The van der Waals surface area contributed by atoms with Crippen LogP contribution < -0.4 is 0 Å². The van der Waals surface area contributed by atoms with Gasteiger partial charge in [0.2, 0.25) is 0 Å². The number of ether oxygens (including phenoxy) is 1. The van der Waals surface area contributed by atoms with E-state index in [-0.39, 0.29) is 24.5 Å². The minimum Gasteiger partial charge on any atom is -0.501 e. The van der Waals surface area contributed by atoms with E-state index >= 15 is 0 Å². The summed E-state index contributed by atoms with van der Waals surface area (Å²) in [7, 11) is 1.68. The molecule has 3 N–H and O–H groups in total. The first-order chi connectivity index (χ1) is 16.4. The van der Waals surface area contributed by atoms with Crippen LogP contribution in [-0.2, 0) is 4.74 Å². The van der Waals surface area contributed by atoms with Crippen molar-refractivity contribution in [2.24, 2.45) is 28.6 Å². The number of methoxy groups -OCH3 is 1. The average molecular weight is 489 g/mol. The van der Waals surface area contributed by atoms with Crippen molar-refractivity contribution in [1.82, 2.24) is 0 Å². The van der Waals surface area contributed by atoms with E-state index in [4.69, 9.17) is 4.74 Å². The van der Waals surface area contributed by atoms with Gasteiger partial charge in [0, 0.05) is 17.9 Å². The summed E-state index contributed by atoms with van der Waals surface area (Å²) in [5, 5.41) is 31.8. The molecule has 0 saturated heterocycles.